The number of amides is 2. The molecule has 1 heterocycles. The van der Waals surface area contributed by atoms with Crippen LogP contribution < -0.4 is 15.8 Å². The van der Waals surface area contributed by atoms with Crippen molar-refractivity contribution >= 4 is 40.2 Å². The standard InChI is InChI=1S/C12H13N5O4S/c13-11(19)16-9-1-3-10(4-2-9)22(20,21)17-12-14-5-8(7-18)6-15-12/h1-5,7-8H,6H2,(H,15,17)(H3,13,16,19). The van der Waals surface area contributed by atoms with Crippen LogP contribution in [0, 0.1) is 5.92 Å². The van der Waals surface area contributed by atoms with Gasteiger partial charge in [0.15, 0.2) is 0 Å². The Labute approximate surface area is 126 Å². The summed E-state index contributed by atoms with van der Waals surface area (Å²) in [6, 6.07) is 4.65. The maximum absolute atomic E-state index is 12.1. The van der Waals surface area contributed by atoms with Gasteiger partial charge in [-0.2, -0.15) is 0 Å². The van der Waals surface area contributed by atoms with Crippen LogP contribution in [0.25, 0.3) is 0 Å². The van der Waals surface area contributed by atoms with Crippen molar-refractivity contribution in [2.24, 2.45) is 21.6 Å². The first-order valence-corrected chi connectivity index (χ1v) is 7.62. The van der Waals surface area contributed by atoms with Gasteiger partial charge in [0.05, 0.1) is 17.4 Å². The second-order valence-electron chi connectivity index (χ2n) is 4.36. The second-order valence-corrected chi connectivity index (χ2v) is 6.04. The summed E-state index contributed by atoms with van der Waals surface area (Å²) in [4.78, 5) is 28.9. The third-order valence-corrected chi connectivity index (χ3v) is 4.02. The summed E-state index contributed by atoms with van der Waals surface area (Å²) in [5.41, 5.74) is 5.33. The van der Waals surface area contributed by atoms with Gasteiger partial charge in [0.25, 0.3) is 10.0 Å². The number of carbonyl (C=O) groups is 2. The summed E-state index contributed by atoms with van der Waals surface area (Å²) in [7, 11) is -3.86. The lowest BCUT2D eigenvalue weighted by Gasteiger charge is -2.12. The Bertz CT molecular complexity index is 739. The van der Waals surface area contributed by atoms with Crippen LogP contribution >= 0.6 is 0 Å². The molecule has 9 nitrogen and oxygen atoms in total. The summed E-state index contributed by atoms with van der Waals surface area (Å²) in [5, 5.41) is 2.32. The first-order chi connectivity index (χ1) is 10.4. The number of sulfonamides is 1. The van der Waals surface area contributed by atoms with Gasteiger partial charge in [-0.15, -0.1) is 0 Å². The van der Waals surface area contributed by atoms with Crippen molar-refractivity contribution in [1.82, 2.24) is 4.72 Å². The molecule has 2 amide bonds. The van der Waals surface area contributed by atoms with Gasteiger partial charge in [0.2, 0.25) is 5.96 Å². The summed E-state index contributed by atoms with van der Waals surface area (Å²) >= 11 is 0. The normalized spacial score (nSPS) is 17.5. The van der Waals surface area contributed by atoms with Gasteiger partial charge in [0, 0.05) is 11.9 Å². The van der Waals surface area contributed by atoms with E-state index in [4.69, 9.17) is 5.73 Å². The van der Waals surface area contributed by atoms with E-state index in [1.165, 1.54) is 30.5 Å². The maximum Gasteiger partial charge on any atom is 0.316 e. The number of benzene rings is 1. The molecule has 1 aromatic rings. The van der Waals surface area contributed by atoms with Crippen molar-refractivity contribution in [2.45, 2.75) is 4.90 Å². The minimum absolute atomic E-state index is 0.0297. The predicted octanol–water partition coefficient (Wildman–Crippen LogP) is -0.289. The highest BCUT2D eigenvalue weighted by atomic mass is 32.2. The number of aldehydes is 1. The number of hydrogen-bond donors (Lipinski definition) is 3. The van der Waals surface area contributed by atoms with E-state index in [0.29, 0.717) is 12.0 Å². The molecule has 1 aliphatic rings. The third-order valence-electron chi connectivity index (χ3n) is 2.67. The molecule has 1 atom stereocenters. The molecule has 2 rings (SSSR count). The van der Waals surface area contributed by atoms with Gasteiger partial charge in [0.1, 0.15) is 6.29 Å². The van der Waals surface area contributed by atoms with Gasteiger partial charge in [-0.1, -0.05) is 0 Å². The zero-order valence-electron chi connectivity index (χ0n) is 11.3. The number of urea groups is 1. The summed E-state index contributed by atoms with van der Waals surface area (Å²) in [6.07, 6.45) is 2.01. The number of nitrogens with two attached hydrogens (primary N) is 1. The Balaban J connectivity index is 2.11. The lowest BCUT2D eigenvalue weighted by atomic mass is 10.2. The minimum atomic E-state index is -3.86. The van der Waals surface area contributed by atoms with Gasteiger partial charge < -0.3 is 15.8 Å². The Morgan fingerprint density at radius 1 is 1.32 bits per heavy atom. The molecule has 1 aliphatic heterocycles. The van der Waals surface area contributed by atoms with Crippen molar-refractivity contribution in [2.75, 3.05) is 11.9 Å². The first kappa shape index (κ1) is 15.6. The lowest BCUT2D eigenvalue weighted by molar-refractivity contribution is -0.109. The zero-order chi connectivity index (χ0) is 16.2. The SMILES string of the molecule is NC(=O)Nc1ccc(S(=O)(=O)NC2=NCC(C=O)C=N2)cc1. The Morgan fingerprint density at radius 3 is 2.50 bits per heavy atom. The van der Waals surface area contributed by atoms with Crippen LogP contribution in [0.1, 0.15) is 0 Å². The van der Waals surface area contributed by atoms with Crippen molar-refractivity contribution in [1.29, 1.82) is 0 Å². The molecule has 1 unspecified atom stereocenters. The summed E-state index contributed by atoms with van der Waals surface area (Å²) < 4.78 is 26.5. The van der Waals surface area contributed by atoms with Crippen LogP contribution in [-0.2, 0) is 14.8 Å². The molecule has 0 bridgehead atoms. The van der Waals surface area contributed by atoms with Crippen LogP contribution in [-0.4, -0.2) is 39.5 Å². The van der Waals surface area contributed by atoms with Crippen molar-refractivity contribution in [3.63, 3.8) is 0 Å². The molecule has 4 N–H and O–H groups in total. The summed E-state index contributed by atoms with van der Waals surface area (Å²) in [6.45, 7) is 0.145. The average molecular weight is 323 g/mol. The van der Waals surface area contributed by atoms with Gasteiger partial charge in [-0.3, -0.25) is 0 Å². The second kappa shape index (κ2) is 6.35. The Hall–Kier alpha value is -2.75. The molecule has 116 valence electrons. The predicted molar refractivity (Wildman–Crippen MR) is 80.3 cm³/mol. The van der Waals surface area contributed by atoms with Crippen LogP contribution in [0.3, 0.4) is 0 Å². The third kappa shape index (κ3) is 3.88. The number of primary amides is 1. The number of aliphatic imine (C=N–C) groups is 2. The van der Waals surface area contributed by atoms with E-state index in [2.05, 4.69) is 20.0 Å². The highest BCUT2D eigenvalue weighted by molar-refractivity contribution is 7.90. The Morgan fingerprint density at radius 2 is 2.00 bits per heavy atom. The van der Waals surface area contributed by atoms with Crippen LogP contribution in [0.2, 0.25) is 0 Å². The fourth-order valence-corrected chi connectivity index (χ4v) is 2.59. The molecule has 0 spiro atoms. The lowest BCUT2D eigenvalue weighted by Crippen LogP contribution is -2.32. The van der Waals surface area contributed by atoms with Crippen LogP contribution in [0.15, 0.2) is 39.1 Å². The van der Waals surface area contributed by atoms with Gasteiger partial charge in [-0.25, -0.2) is 27.9 Å². The van der Waals surface area contributed by atoms with E-state index in [9.17, 15) is 18.0 Å². The van der Waals surface area contributed by atoms with Crippen LogP contribution in [0.4, 0.5) is 10.5 Å². The van der Waals surface area contributed by atoms with Gasteiger partial charge in [-0.05, 0) is 24.3 Å². The number of nitrogens with one attached hydrogen (secondary N) is 2. The molecule has 22 heavy (non-hydrogen) atoms. The maximum atomic E-state index is 12.1. The van der Waals surface area contributed by atoms with E-state index in [1.807, 2.05) is 0 Å². The highest BCUT2D eigenvalue weighted by Crippen LogP contribution is 2.14. The number of nitrogens with zero attached hydrogens (tertiary/aromatic N) is 2. The molecule has 0 saturated carbocycles. The molecular weight excluding hydrogens is 310 g/mol. The quantitative estimate of drug-likeness (QED) is 0.654. The van der Waals surface area contributed by atoms with E-state index < -0.39 is 22.0 Å². The fourth-order valence-electron chi connectivity index (χ4n) is 1.62. The van der Waals surface area contributed by atoms with Gasteiger partial charge >= 0.3 is 6.03 Å². The number of rotatable bonds is 4. The van der Waals surface area contributed by atoms with E-state index >= 15 is 0 Å². The molecule has 0 fully saturated rings. The average Bonchev–Trinajstić information content (AvgIpc) is 2.47. The van der Waals surface area contributed by atoms with E-state index in [0.717, 1.165) is 0 Å². The molecule has 0 saturated heterocycles. The number of carbonyl (C=O) groups excluding carboxylic acids is 2. The number of anilines is 1. The molecule has 0 aliphatic carbocycles. The molecule has 10 heteroatoms. The molecular formula is C12H13N5O4S. The summed E-state index contributed by atoms with van der Waals surface area (Å²) in [5.74, 6) is -0.523. The first-order valence-electron chi connectivity index (χ1n) is 6.14. The largest absolute Gasteiger partial charge is 0.351 e. The minimum Gasteiger partial charge on any atom is -0.351 e. The molecule has 1 aromatic carbocycles. The number of hydrogen-bond acceptors (Lipinski definition) is 6. The van der Waals surface area contributed by atoms with E-state index in [1.54, 1.807) is 0 Å². The number of guanidine groups is 1. The fraction of sp³-hybridized carbons (Fsp3) is 0.167. The van der Waals surface area contributed by atoms with Crippen molar-refractivity contribution in [3.8, 4) is 0 Å². The molecule has 0 aromatic heterocycles. The topological polar surface area (TPSA) is 143 Å². The van der Waals surface area contributed by atoms with Crippen LogP contribution in [0.5, 0.6) is 0 Å². The van der Waals surface area contributed by atoms with Crippen molar-refractivity contribution < 1.29 is 18.0 Å². The monoisotopic (exact) mass is 323 g/mol. The van der Waals surface area contributed by atoms with Crippen molar-refractivity contribution in [3.05, 3.63) is 24.3 Å². The zero-order valence-corrected chi connectivity index (χ0v) is 12.1. The highest BCUT2D eigenvalue weighted by Gasteiger charge is 2.18. The Kier molecular flexibility index (Phi) is 4.51. The van der Waals surface area contributed by atoms with E-state index in [-0.39, 0.29) is 17.4 Å². The molecule has 0 radical (unpaired) electrons. The smallest absolute Gasteiger partial charge is 0.316 e.